The van der Waals surface area contributed by atoms with Gasteiger partial charge in [0.25, 0.3) is 0 Å². The summed E-state index contributed by atoms with van der Waals surface area (Å²) in [5, 5.41) is 0.327. The fourth-order valence-corrected chi connectivity index (χ4v) is 7.56. The fraction of sp³-hybridized carbons (Fsp3) is 0.161. The fourth-order valence-electron chi connectivity index (χ4n) is 5.29. The highest BCUT2D eigenvalue weighted by atomic mass is 35.5. The molecule has 0 radical (unpaired) electrons. The number of H-pyrrole nitrogens is 1. The first-order chi connectivity index (χ1) is 20.6. The van der Waals surface area contributed by atoms with Crippen LogP contribution in [0.15, 0.2) is 83.8 Å². The van der Waals surface area contributed by atoms with Gasteiger partial charge in [-0.3, -0.25) is 9.69 Å². The van der Waals surface area contributed by atoms with E-state index in [1.165, 1.54) is 28.6 Å². The lowest BCUT2D eigenvalue weighted by Gasteiger charge is -2.34. The molecule has 1 fully saturated rings. The molecular formula is C31H26Cl2FN5O3S. The maximum atomic E-state index is 14.1. The van der Waals surface area contributed by atoms with Crippen molar-refractivity contribution in [2.45, 2.75) is 11.4 Å². The molecule has 220 valence electrons. The summed E-state index contributed by atoms with van der Waals surface area (Å²) in [6.07, 6.45) is 0. The number of imidazole rings is 1. The molecular weight excluding hydrogens is 612 g/mol. The quantitative estimate of drug-likeness (QED) is 0.229. The molecule has 0 bridgehead atoms. The van der Waals surface area contributed by atoms with Crippen LogP contribution in [-0.4, -0.2) is 59.7 Å². The zero-order valence-corrected chi connectivity index (χ0v) is 25.1. The van der Waals surface area contributed by atoms with Crippen molar-refractivity contribution in [2.75, 3.05) is 26.2 Å². The lowest BCUT2D eigenvalue weighted by Crippen LogP contribution is -2.48. The standard InChI is InChI=1S/C31H26Cl2FN5O3S/c32-24-11-7-20(17-23(24)31-36-25-3-1-2-4-26(25)37-31)28-27(12-10-22(29(28)33)30(35)40)43(41,42)39-15-13-38(14-16-39)18-19-5-8-21(34)9-6-19/h1-12,17H,13-16,18H2,(H2,35,40)(H,36,37). The van der Waals surface area contributed by atoms with Crippen LogP contribution in [0.1, 0.15) is 15.9 Å². The van der Waals surface area contributed by atoms with Crippen molar-refractivity contribution < 1.29 is 17.6 Å². The van der Waals surface area contributed by atoms with Crippen LogP contribution in [0, 0.1) is 5.82 Å². The third kappa shape index (κ3) is 5.76. The van der Waals surface area contributed by atoms with Crippen LogP contribution < -0.4 is 5.73 Å². The number of benzene rings is 4. The Morgan fingerprint density at radius 3 is 2.37 bits per heavy atom. The molecule has 43 heavy (non-hydrogen) atoms. The van der Waals surface area contributed by atoms with Gasteiger partial charge in [0.1, 0.15) is 11.6 Å². The van der Waals surface area contributed by atoms with Gasteiger partial charge in [0.05, 0.1) is 31.5 Å². The Labute approximate surface area is 257 Å². The molecule has 1 saturated heterocycles. The largest absolute Gasteiger partial charge is 0.366 e. The predicted molar refractivity (Wildman–Crippen MR) is 166 cm³/mol. The van der Waals surface area contributed by atoms with Crippen LogP contribution >= 0.6 is 23.2 Å². The van der Waals surface area contributed by atoms with Gasteiger partial charge in [-0.15, -0.1) is 0 Å². The van der Waals surface area contributed by atoms with E-state index in [1.54, 1.807) is 30.3 Å². The van der Waals surface area contributed by atoms with Crippen molar-refractivity contribution in [1.29, 1.82) is 0 Å². The summed E-state index contributed by atoms with van der Waals surface area (Å²) in [7, 11) is -4.05. The first-order valence-corrected chi connectivity index (χ1v) is 15.7. The monoisotopic (exact) mass is 637 g/mol. The predicted octanol–water partition coefficient (Wildman–Crippen LogP) is 5.95. The van der Waals surface area contributed by atoms with Crippen LogP contribution in [-0.2, 0) is 16.6 Å². The number of sulfonamides is 1. The van der Waals surface area contributed by atoms with Crippen LogP contribution in [0.25, 0.3) is 33.5 Å². The van der Waals surface area contributed by atoms with E-state index in [0.29, 0.717) is 41.6 Å². The zero-order chi connectivity index (χ0) is 30.3. The molecule has 8 nitrogen and oxygen atoms in total. The molecule has 12 heteroatoms. The number of aromatic nitrogens is 2. The molecule has 1 aliphatic rings. The number of primary amides is 1. The SMILES string of the molecule is NC(=O)c1ccc(S(=O)(=O)N2CCN(Cc3ccc(F)cc3)CC2)c(-c2ccc(Cl)c(-c3nc4ccccc4[nH]3)c2)c1Cl. The summed E-state index contributed by atoms with van der Waals surface area (Å²) in [6, 6.07) is 21.5. The lowest BCUT2D eigenvalue weighted by molar-refractivity contribution is 0.100. The summed E-state index contributed by atoms with van der Waals surface area (Å²) in [5.41, 5.74) is 9.21. The highest BCUT2D eigenvalue weighted by Gasteiger charge is 2.33. The minimum atomic E-state index is -4.05. The smallest absolute Gasteiger partial charge is 0.250 e. The molecule has 0 spiro atoms. The van der Waals surface area contributed by atoms with E-state index in [2.05, 4.69) is 14.9 Å². The van der Waals surface area contributed by atoms with Crippen molar-refractivity contribution in [3.63, 3.8) is 0 Å². The maximum Gasteiger partial charge on any atom is 0.250 e. The Bertz CT molecular complexity index is 1920. The number of rotatable bonds is 7. The molecule has 0 atom stereocenters. The van der Waals surface area contributed by atoms with Crippen LogP contribution in [0.3, 0.4) is 0 Å². The molecule has 1 aromatic heterocycles. The summed E-state index contributed by atoms with van der Waals surface area (Å²) >= 11 is 13.3. The van der Waals surface area contributed by atoms with Crippen molar-refractivity contribution in [1.82, 2.24) is 19.2 Å². The van der Waals surface area contributed by atoms with Crippen LogP contribution in [0.5, 0.6) is 0 Å². The average Bonchev–Trinajstić information content (AvgIpc) is 3.43. The maximum absolute atomic E-state index is 14.1. The number of aromatic amines is 1. The van der Waals surface area contributed by atoms with Crippen molar-refractivity contribution in [3.05, 3.63) is 106 Å². The number of carbonyl (C=O) groups is 1. The van der Waals surface area contributed by atoms with E-state index in [-0.39, 0.29) is 40.0 Å². The molecule has 3 N–H and O–H groups in total. The van der Waals surface area contributed by atoms with Gasteiger partial charge in [0.2, 0.25) is 15.9 Å². The van der Waals surface area contributed by atoms with E-state index < -0.39 is 15.9 Å². The van der Waals surface area contributed by atoms with Gasteiger partial charge >= 0.3 is 0 Å². The second-order valence-electron chi connectivity index (χ2n) is 10.3. The number of carbonyl (C=O) groups excluding carboxylic acids is 1. The topological polar surface area (TPSA) is 112 Å². The van der Waals surface area contributed by atoms with Gasteiger partial charge in [0, 0.05) is 43.9 Å². The van der Waals surface area contributed by atoms with Crippen molar-refractivity contribution in [3.8, 4) is 22.5 Å². The van der Waals surface area contributed by atoms with E-state index in [1.807, 2.05) is 24.3 Å². The number of nitrogens with zero attached hydrogens (tertiary/aromatic N) is 3. The summed E-state index contributed by atoms with van der Waals surface area (Å²) in [5.74, 6) is -0.588. The number of nitrogens with one attached hydrogen (secondary N) is 1. The first-order valence-electron chi connectivity index (χ1n) is 13.5. The van der Waals surface area contributed by atoms with E-state index in [9.17, 15) is 17.6 Å². The summed E-state index contributed by atoms with van der Waals surface area (Å²) < 4.78 is 42.9. The Morgan fingerprint density at radius 2 is 1.67 bits per heavy atom. The Balaban J connectivity index is 1.36. The van der Waals surface area contributed by atoms with Crippen molar-refractivity contribution >= 4 is 50.2 Å². The molecule has 1 amide bonds. The zero-order valence-electron chi connectivity index (χ0n) is 22.7. The Morgan fingerprint density at radius 1 is 0.953 bits per heavy atom. The molecule has 5 aromatic rings. The highest BCUT2D eigenvalue weighted by molar-refractivity contribution is 7.89. The van der Waals surface area contributed by atoms with E-state index >= 15 is 0 Å². The van der Waals surface area contributed by atoms with Gasteiger partial charge in [0.15, 0.2) is 0 Å². The number of hydrogen-bond donors (Lipinski definition) is 2. The minimum absolute atomic E-state index is 0.0000270. The van der Waals surface area contributed by atoms with Gasteiger partial charge in [-0.1, -0.05) is 53.5 Å². The highest BCUT2D eigenvalue weighted by Crippen LogP contribution is 2.41. The first kappa shape index (κ1) is 29.3. The summed E-state index contributed by atoms with van der Waals surface area (Å²) in [6.45, 7) is 2.02. The third-order valence-electron chi connectivity index (χ3n) is 7.54. The number of amides is 1. The van der Waals surface area contributed by atoms with Gasteiger partial charge in [-0.05, 0) is 59.7 Å². The number of fused-ring (bicyclic) bond motifs is 1. The summed E-state index contributed by atoms with van der Waals surface area (Å²) in [4.78, 5) is 22.2. The Hall–Kier alpha value is -3.80. The number of para-hydroxylation sites is 2. The normalized spacial score (nSPS) is 14.8. The van der Waals surface area contributed by atoms with Gasteiger partial charge in [-0.25, -0.2) is 17.8 Å². The molecule has 0 aliphatic carbocycles. The number of piperazine rings is 1. The molecule has 4 aromatic carbocycles. The molecule has 2 heterocycles. The van der Waals surface area contributed by atoms with E-state index in [4.69, 9.17) is 28.9 Å². The van der Waals surface area contributed by atoms with Crippen LogP contribution in [0.2, 0.25) is 10.0 Å². The molecule has 0 unspecified atom stereocenters. The number of hydrogen-bond acceptors (Lipinski definition) is 5. The van der Waals surface area contributed by atoms with E-state index in [0.717, 1.165) is 16.6 Å². The van der Waals surface area contributed by atoms with Crippen LogP contribution in [0.4, 0.5) is 4.39 Å². The molecule has 0 saturated carbocycles. The number of halogens is 3. The number of nitrogens with two attached hydrogens (primary N) is 1. The Kier molecular flexibility index (Phi) is 7.97. The lowest BCUT2D eigenvalue weighted by atomic mass is 10.00. The third-order valence-corrected chi connectivity index (χ3v) is 10.2. The van der Waals surface area contributed by atoms with Crippen molar-refractivity contribution in [2.24, 2.45) is 5.73 Å². The average molecular weight is 639 g/mol. The van der Waals surface area contributed by atoms with Gasteiger partial charge < -0.3 is 10.7 Å². The minimum Gasteiger partial charge on any atom is -0.366 e. The molecule has 6 rings (SSSR count). The second kappa shape index (κ2) is 11.7. The second-order valence-corrected chi connectivity index (χ2v) is 13.0. The van der Waals surface area contributed by atoms with Gasteiger partial charge in [-0.2, -0.15) is 4.31 Å². The molecule has 1 aliphatic heterocycles.